The molecule has 4 aromatic heterocycles. The van der Waals surface area contributed by atoms with E-state index in [9.17, 15) is 48.5 Å². The van der Waals surface area contributed by atoms with E-state index in [0.29, 0.717) is 45.3 Å². The van der Waals surface area contributed by atoms with Crippen LogP contribution in [0.25, 0.3) is 11.2 Å². The third-order valence-electron chi connectivity index (χ3n) is 9.17. The summed E-state index contributed by atoms with van der Waals surface area (Å²) >= 11 is 0. The first-order valence-electron chi connectivity index (χ1n) is 18.8. The monoisotopic (exact) mass is 923 g/mol. The molecular formula is C32H46FN10O17P2+. The number of phosphoric acid groups is 2. The van der Waals surface area contributed by atoms with Gasteiger partial charge in [-0.1, -0.05) is 5.21 Å². The van der Waals surface area contributed by atoms with Crippen LogP contribution < -0.4 is 15.6 Å². The van der Waals surface area contributed by atoms with E-state index in [1.807, 2.05) is 0 Å². The summed E-state index contributed by atoms with van der Waals surface area (Å²) in [6.07, 6.45) is -5.37. The summed E-state index contributed by atoms with van der Waals surface area (Å²) in [4.78, 5) is 44.7. The van der Waals surface area contributed by atoms with Crippen molar-refractivity contribution in [1.29, 1.82) is 0 Å². The molecule has 0 radical (unpaired) electrons. The fourth-order valence-electron chi connectivity index (χ4n) is 6.14. The van der Waals surface area contributed by atoms with Gasteiger partial charge in [0.2, 0.25) is 0 Å². The molecular weight excluding hydrogens is 877 g/mol. The van der Waals surface area contributed by atoms with E-state index in [0.717, 1.165) is 0 Å². The lowest BCUT2D eigenvalue weighted by molar-refractivity contribution is -0.765. The van der Waals surface area contributed by atoms with Gasteiger partial charge in [-0.25, -0.2) is 33.2 Å². The van der Waals surface area contributed by atoms with Crippen molar-refractivity contribution in [3.8, 4) is 0 Å². The summed E-state index contributed by atoms with van der Waals surface area (Å²) in [5, 5.41) is 53.8. The van der Waals surface area contributed by atoms with Gasteiger partial charge in [-0.15, -0.1) is 5.10 Å². The van der Waals surface area contributed by atoms with Crippen LogP contribution >= 0.6 is 15.6 Å². The molecule has 2 aliphatic heterocycles. The quantitative estimate of drug-likeness (QED) is 0.0195. The molecule has 10 atom stereocenters. The molecule has 6 rings (SSSR count). The Morgan fingerprint density at radius 1 is 0.903 bits per heavy atom. The summed E-state index contributed by atoms with van der Waals surface area (Å²) in [6, 6.07) is 2.83. The Balaban J connectivity index is 0.957. The number of aliphatic hydroxyl groups excluding tert-OH is 4. The minimum absolute atomic E-state index is 0.0407. The van der Waals surface area contributed by atoms with Crippen molar-refractivity contribution in [2.75, 3.05) is 64.8 Å². The zero-order valence-corrected chi connectivity index (χ0v) is 34.3. The highest BCUT2D eigenvalue weighted by molar-refractivity contribution is 7.61. The first-order valence-corrected chi connectivity index (χ1v) is 21.7. The number of fused-ring (bicyclic) bond motifs is 1. The number of hydrogen-bond donors (Lipinski definition) is 8. The molecule has 0 aromatic carbocycles. The smallest absolute Gasteiger partial charge is 0.387 e. The highest BCUT2D eigenvalue weighted by Crippen LogP contribution is 2.60. The number of carbonyl (C=O) groups is 1. The molecule has 0 spiro atoms. The fraction of sp³-hybridized carbons (Fsp3) is 0.594. The second-order valence-corrected chi connectivity index (χ2v) is 16.5. The summed E-state index contributed by atoms with van der Waals surface area (Å²) < 4.78 is 82.4. The number of primary amides is 1. The molecule has 1 amide bonds. The van der Waals surface area contributed by atoms with Gasteiger partial charge < -0.3 is 64.9 Å². The van der Waals surface area contributed by atoms with Gasteiger partial charge in [-0.05, 0) is 6.07 Å². The van der Waals surface area contributed by atoms with Gasteiger partial charge in [0.25, 0.3) is 12.1 Å². The number of rotatable bonds is 25. The molecule has 9 N–H and O–H groups in total. The molecule has 30 heteroatoms. The third kappa shape index (κ3) is 12.3. The lowest BCUT2D eigenvalue weighted by Crippen LogP contribution is -2.46. The standard InChI is InChI=1S/C32H45FN10O17P2/c33-3-6-53-8-10-55-11-9-54-7-5-42-14-20(39-40-42)12-35-29-23-30(37-17-36-29)43(18-38-23)32-27(47)25(45)22(59-32)16-57-62(51,52)60-61(49,50)56-15-21-24(44)26(46)31(58-21)41-4-1-2-19(13-41)28(34)48/h1-2,4,13-14,17-18,21-22,24-27,31-32,44-47H,3,5-12,15-16H2,(H4-,34,35,36,37,48,49,50,51,52)/p+1/t21-,22-,24-,25-,26-,27-,31-,32-/m1/s1. The van der Waals surface area contributed by atoms with Crippen molar-refractivity contribution >= 4 is 38.5 Å². The Hall–Kier alpha value is -4.06. The predicted octanol–water partition coefficient (Wildman–Crippen LogP) is -2.38. The van der Waals surface area contributed by atoms with E-state index in [4.69, 9.17) is 38.5 Å². The second kappa shape index (κ2) is 21.5. The predicted molar refractivity (Wildman–Crippen MR) is 201 cm³/mol. The number of ether oxygens (including phenoxy) is 5. The van der Waals surface area contributed by atoms with E-state index >= 15 is 0 Å². The molecule has 62 heavy (non-hydrogen) atoms. The highest BCUT2D eigenvalue weighted by Gasteiger charge is 2.50. The Morgan fingerprint density at radius 2 is 1.56 bits per heavy atom. The van der Waals surface area contributed by atoms with Gasteiger partial charge >= 0.3 is 15.6 Å². The number of amides is 1. The van der Waals surface area contributed by atoms with E-state index in [1.54, 1.807) is 10.9 Å². The van der Waals surface area contributed by atoms with Gasteiger partial charge in [0.15, 0.2) is 41.7 Å². The summed E-state index contributed by atoms with van der Waals surface area (Å²) in [5.41, 5.74) is 6.31. The average Bonchev–Trinajstić information content (AvgIpc) is 4.02. The molecule has 2 unspecified atom stereocenters. The van der Waals surface area contributed by atoms with E-state index in [1.165, 1.54) is 46.3 Å². The molecule has 2 aliphatic rings. The number of nitrogens with one attached hydrogen (secondary N) is 1. The van der Waals surface area contributed by atoms with Crippen LogP contribution in [-0.4, -0.2) is 167 Å². The number of anilines is 1. The summed E-state index contributed by atoms with van der Waals surface area (Å²) in [7, 11) is -10.9. The number of carbonyl (C=O) groups excluding carboxylic acids is 1. The Labute approximate surface area is 350 Å². The number of nitrogens with two attached hydrogens (primary N) is 1. The van der Waals surface area contributed by atoms with Crippen LogP contribution in [0.2, 0.25) is 0 Å². The van der Waals surface area contributed by atoms with E-state index in [2.05, 4.69) is 34.9 Å². The van der Waals surface area contributed by atoms with Crippen LogP contribution in [-0.2, 0) is 59.3 Å². The molecule has 0 aliphatic carbocycles. The zero-order valence-electron chi connectivity index (χ0n) is 32.5. The van der Waals surface area contributed by atoms with E-state index < -0.39 is 90.5 Å². The number of imidazole rings is 1. The first kappa shape index (κ1) is 47.4. The number of alkyl halides is 1. The molecule has 27 nitrogen and oxygen atoms in total. The van der Waals surface area contributed by atoms with Gasteiger partial charge in [-0.2, -0.15) is 8.88 Å². The normalized spacial score (nSPS) is 25.9. The van der Waals surface area contributed by atoms with Crippen molar-refractivity contribution in [3.63, 3.8) is 0 Å². The molecule has 6 heterocycles. The topological polar surface area (TPSA) is 363 Å². The maximum Gasteiger partial charge on any atom is 0.481 e. The van der Waals surface area contributed by atoms with Crippen LogP contribution in [0.3, 0.4) is 0 Å². The lowest BCUT2D eigenvalue weighted by Gasteiger charge is -2.20. The largest absolute Gasteiger partial charge is 0.481 e. The number of pyridine rings is 1. The molecule has 4 aromatic rings. The van der Waals surface area contributed by atoms with Gasteiger partial charge in [0.05, 0.1) is 78.5 Å². The number of aliphatic hydroxyl groups is 4. The minimum Gasteiger partial charge on any atom is -0.387 e. The van der Waals surface area contributed by atoms with Crippen LogP contribution in [0, 0.1) is 0 Å². The molecule has 0 bridgehead atoms. The highest BCUT2D eigenvalue weighted by atomic mass is 31.3. The maximum atomic E-state index is 12.7. The Kier molecular flexibility index (Phi) is 16.5. The zero-order chi connectivity index (χ0) is 44.4. The molecule has 2 fully saturated rings. The van der Waals surface area contributed by atoms with Gasteiger partial charge in [-0.3, -0.25) is 18.4 Å². The van der Waals surface area contributed by atoms with Crippen LogP contribution in [0.1, 0.15) is 28.5 Å². The fourth-order valence-corrected chi connectivity index (χ4v) is 8.24. The van der Waals surface area contributed by atoms with Crippen LogP contribution in [0.4, 0.5) is 10.2 Å². The van der Waals surface area contributed by atoms with Crippen LogP contribution in [0.15, 0.2) is 43.4 Å². The van der Waals surface area contributed by atoms with E-state index in [-0.39, 0.29) is 35.7 Å². The van der Waals surface area contributed by atoms with Crippen LogP contribution in [0.5, 0.6) is 0 Å². The minimum atomic E-state index is -5.44. The third-order valence-corrected chi connectivity index (χ3v) is 11.8. The second-order valence-electron chi connectivity index (χ2n) is 13.5. The number of halogens is 1. The maximum absolute atomic E-state index is 12.7. The van der Waals surface area contributed by atoms with Crippen molar-refractivity contribution in [1.82, 2.24) is 34.5 Å². The number of nitrogens with zero attached hydrogens (tertiary/aromatic N) is 8. The van der Waals surface area contributed by atoms with Crippen molar-refractivity contribution in [3.05, 3.63) is 54.6 Å². The summed E-state index contributed by atoms with van der Waals surface area (Å²) in [5.74, 6) is -0.495. The first-order chi connectivity index (χ1) is 29.7. The Morgan fingerprint density at radius 3 is 2.26 bits per heavy atom. The number of aromatic nitrogens is 8. The van der Waals surface area contributed by atoms with Crippen molar-refractivity contribution < 1.29 is 90.1 Å². The number of hydrogen-bond acceptors (Lipinski definition) is 21. The van der Waals surface area contributed by atoms with Gasteiger partial charge in [0, 0.05) is 6.07 Å². The van der Waals surface area contributed by atoms with Crippen molar-refractivity contribution in [2.24, 2.45) is 5.73 Å². The van der Waals surface area contributed by atoms with Crippen molar-refractivity contribution in [2.45, 2.75) is 62.2 Å². The Bertz CT molecular complexity index is 2190. The lowest BCUT2D eigenvalue weighted by atomic mass is 10.1. The average molecular weight is 924 g/mol. The number of phosphoric ester groups is 2. The molecule has 342 valence electrons. The van der Waals surface area contributed by atoms with Gasteiger partial charge in [0.1, 0.15) is 54.8 Å². The summed E-state index contributed by atoms with van der Waals surface area (Å²) in [6.45, 7) is -0.0529. The SMILES string of the molecule is NC(=O)c1ccc[n+]([C@@H]2O[C@H](COP(=O)(O)OP(=O)(O)OC[C@H]3O[C@@H](n4cnc5c(NCc6cn(CCOCCOCCOCCF)nn6)ncnc54)[C@H](O)[C@@H]3O)[C@@H](O)[C@H]2O)c1. The molecule has 2 saturated heterocycles. The molecule has 0 saturated carbocycles.